The molecule has 1 aromatic heterocycles. The first-order chi connectivity index (χ1) is 10.2. The Morgan fingerprint density at radius 2 is 2.00 bits per heavy atom. The molecule has 112 valence electrons. The Labute approximate surface area is 129 Å². The van der Waals surface area contributed by atoms with Crippen LogP contribution in [0.15, 0.2) is 34.9 Å². The molecule has 0 spiro atoms. The van der Waals surface area contributed by atoms with E-state index in [4.69, 9.17) is 20.9 Å². The second-order valence-electron chi connectivity index (χ2n) is 5.36. The van der Waals surface area contributed by atoms with Crippen molar-refractivity contribution < 1.29 is 9.26 Å². The van der Waals surface area contributed by atoms with Crippen molar-refractivity contribution in [2.75, 3.05) is 6.61 Å². The summed E-state index contributed by atoms with van der Waals surface area (Å²) in [6.45, 7) is 2.64. The van der Waals surface area contributed by atoms with E-state index in [2.05, 4.69) is 10.1 Å². The highest BCUT2D eigenvalue weighted by Gasteiger charge is 2.41. The summed E-state index contributed by atoms with van der Waals surface area (Å²) in [5.41, 5.74) is 0.565. The first kappa shape index (κ1) is 14.5. The summed E-state index contributed by atoms with van der Waals surface area (Å²) in [6, 6.07) is 9.75. The van der Waals surface area contributed by atoms with Crippen LogP contribution in [0.4, 0.5) is 0 Å². The van der Waals surface area contributed by atoms with E-state index in [1.54, 1.807) is 0 Å². The average Bonchev–Trinajstić information content (AvgIpc) is 3.17. The van der Waals surface area contributed by atoms with Gasteiger partial charge in [-0.1, -0.05) is 35.5 Å². The molecule has 0 bridgehead atoms. The third-order valence-electron chi connectivity index (χ3n) is 3.99. The van der Waals surface area contributed by atoms with Gasteiger partial charge in [0.1, 0.15) is 11.0 Å². The lowest BCUT2D eigenvalue weighted by Crippen LogP contribution is -2.27. The predicted octanol–water partition coefficient (Wildman–Crippen LogP) is 4.20. The zero-order valence-corrected chi connectivity index (χ0v) is 12.8. The van der Waals surface area contributed by atoms with E-state index < -0.39 is 5.38 Å². The molecule has 0 amide bonds. The Kier molecular flexibility index (Phi) is 4.27. The Bertz CT molecular complexity index is 579. The molecule has 5 heteroatoms. The van der Waals surface area contributed by atoms with E-state index in [-0.39, 0.29) is 5.60 Å². The van der Waals surface area contributed by atoms with E-state index >= 15 is 0 Å². The van der Waals surface area contributed by atoms with Crippen molar-refractivity contribution in [1.29, 1.82) is 0 Å². The van der Waals surface area contributed by atoms with Gasteiger partial charge in [-0.05, 0) is 38.2 Å². The second kappa shape index (κ2) is 6.16. The molecule has 1 aromatic carbocycles. The van der Waals surface area contributed by atoms with Crippen molar-refractivity contribution in [2.45, 2.75) is 43.6 Å². The largest absolute Gasteiger partial charge is 0.367 e. The van der Waals surface area contributed by atoms with E-state index in [0.29, 0.717) is 18.3 Å². The van der Waals surface area contributed by atoms with Crippen LogP contribution in [0, 0.1) is 0 Å². The fraction of sp³-hybridized carbons (Fsp3) is 0.500. The minimum atomic E-state index is -0.424. The Balaban J connectivity index is 1.86. The topological polar surface area (TPSA) is 48.2 Å². The molecule has 1 unspecified atom stereocenters. The van der Waals surface area contributed by atoms with Crippen molar-refractivity contribution >= 4 is 11.6 Å². The van der Waals surface area contributed by atoms with E-state index in [9.17, 15) is 0 Å². The molecule has 1 saturated carbocycles. The molecule has 1 fully saturated rings. The van der Waals surface area contributed by atoms with Crippen molar-refractivity contribution in [3.8, 4) is 0 Å². The van der Waals surface area contributed by atoms with Crippen LogP contribution in [-0.2, 0) is 10.3 Å². The van der Waals surface area contributed by atoms with Crippen molar-refractivity contribution in [3.05, 3.63) is 47.6 Å². The van der Waals surface area contributed by atoms with Gasteiger partial charge in [-0.25, -0.2) is 0 Å². The van der Waals surface area contributed by atoms with Crippen LogP contribution in [0.3, 0.4) is 0 Å². The van der Waals surface area contributed by atoms with E-state index in [1.807, 2.05) is 37.3 Å². The first-order valence-electron chi connectivity index (χ1n) is 7.42. The molecule has 1 atom stereocenters. The van der Waals surface area contributed by atoms with Crippen molar-refractivity contribution in [2.24, 2.45) is 0 Å². The average molecular weight is 307 g/mol. The molecule has 2 aromatic rings. The lowest BCUT2D eigenvalue weighted by molar-refractivity contribution is -0.0469. The van der Waals surface area contributed by atoms with Gasteiger partial charge in [0.05, 0.1) is 0 Å². The molecule has 0 saturated heterocycles. The Hall–Kier alpha value is -1.39. The van der Waals surface area contributed by atoms with Gasteiger partial charge in [-0.15, -0.1) is 11.6 Å². The SMILES string of the molecule is CCOC1(c2noc(C(Cl)c3ccccc3)n2)CCCC1. The second-order valence-corrected chi connectivity index (χ2v) is 5.80. The number of hydrogen-bond acceptors (Lipinski definition) is 4. The summed E-state index contributed by atoms with van der Waals surface area (Å²) in [5, 5.41) is 3.72. The molecular formula is C16H19ClN2O2. The molecule has 1 aliphatic rings. The van der Waals surface area contributed by atoms with E-state index in [0.717, 1.165) is 31.2 Å². The molecule has 0 N–H and O–H groups in total. The third-order valence-corrected chi connectivity index (χ3v) is 4.43. The fourth-order valence-electron chi connectivity index (χ4n) is 2.94. The highest BCUT2D eigenvalue weighted by molar-refractivity contribution is 6.22. The summed E-state index contributed by atoms with van der Waals surface area (Å²) in [5.74, 6) is 1.07. The van der Waals surface area contributed by atoms with Gasteiger partial charge in [-0.2, -0.15) is 4.98 Å². The maximum absolute atomic E-state index is 6.44. The summed E-state index contributed by atoms with van der Waals surface area (Å²) in [7, 11) is 0. The van der Waals surface area contributed by atoms with Crippen LogP contribution in [0.25, 0.3) is 0 Å². The smallest absolute Gasteiger partial charge is 0.249 e. The zero-order chi connectivity index (χ0) is 14.7. The number of rotatable bonds is 5. The number of alkyl halides is 1. The summed E-state index contributed by atoms with van der Waals surface area (Å²) >= 11 is 6.44. The third kappa shape index (κ3) is 2.83. The zero-order valence-electron chi connectivity index (χ0n) is 12.1. The number of benzene rings is 1. The maximum atomic E-state index is 6.44. The van der Waals surface area contributed by atoms with Gasteiger partial charge in [-0.3, -0.25) is 0 Å². The number of halogens is 1. The Morgan fingerprint density at radius 3 is 2.67 bits per heavy atom. The molecular weight excluding hydrogens is 288 g/mol. The van der Waals surface area contributed by atoms with Gasteiger partial charge >= 0.3 is 0 Å². The number of aromatic nitrogens is 2. The van der Waals surface area contributed by atoms with Gasteiger partial charge in [0.2, 0.25) is 11.7 Å². The Morgan fingerprint density at radius 1 is 1.29 bits per heavy atom. The van der Waals surface area contributed by atoms with Crippen molar-refractivity contribution in [3.63, 3.8) is 0 Å². The van der Waals surface area contributed by atoms with Crippen molar-refractivity contribution in [1.82, 2.24) is 10.1 Å². The molecule has 0 radical (unpaired) electrons. The summed E-state index contributed by atoms with van der Waals surface area (Å²) in [6.07, 6.45) is 4.15. The minimum absolute atomic E-state index is 0.385. The number of ether oxygens (including phenoxy) is 1. The van der Waals surface area contributed by atoms with Crippen LogP contribution in [0.1, 0.15) is 55.3 Å². The van der Waals surface area contributed by atoms with Crippen LogP contribution in [0.5, 0.6) is 0 Å². The van der Waals surface area contributed by atoms with Crippen LogP contribution < -0.4 is 0 Å². The molecule has 0 aliphatic heterocycles. The maximum Gasteiger partial charge on any atom is 0.249 e. The normalized spacial score (nSPS) is 18.8. The molecule has 4 nitrogen and oxygen atoms in total. The number of nitrogens with zero attached hydrogens (tertiary/aromatic N) is 2. The lowest BCUT2D eigenvalue weighted by Gasteiger charge is -2.24. The lowest BCUT2D eigenvalue weighted by atomic mass is 10.0. The number of hydrogen-bond donors (Lipinski definition) is 0. The standard InChI is InChI=1S/C16H19ClN2O2/c1-2-20-16(10-6-7-11-16)15-18-14(21-19-15)13(17)12-8-4-3-5-9-12/h3-5,8-9,13H,2,6-7,10-11H2,1H3. The van der Waals surface area contributed by atoms with Gasteiger partial charge in [0.15, 0.2) is 0 Å². The van der Waals surface area contributed by atoms with Crippen LogP contribution >= 0.6 is 11.6 Å². The molecule has 21 heavy (non-hydrogen) atoms. The summed E-state index contributed by atoms with van der Waals surface area (Å²) in [4.78, 5) is 4.52. The first-order valence-corrected chi connectivity index (χ1v) is 7.86. The van der Waals surface area contributed by atoms with E-state index in [1.165, 1.54) is 0 Å². The molecule has 1 aliphatic carbocycles. The monoisotopic (exact) mass is 306 g/mol. The van der Waals surface area contributed by atoms with Crippen LogP contribution in [0.2, 0.25) is 0 Å². The minimum Gasteiger partial charge on any atom is -0.367 e. The molecule has 3 rings (SSSR count). The van der Waals surface area contributed by atoms with Crippen LogP contribution in [-0.4, -0.2) is 16.7 Å². The molecule has 1 heterocycles. The quantitative estimate of drug-likeness (QED) is 0.777. The predicted molar refractivity (Wildman–Crippen MR) is 80.2 cm³/mol. The highest BCUT2D eigenvalue weighted by atomic mass is 35.5. The fourth-order valence-corrected chi connectivity index (χ4v) is 3.18. The van der Waals surface area contributed by atoms with Gasteiger partial charge < -0.3 is 9.26 Å². The van der Waals surface area contributed by atoms with Gasteiger partial charge in [0.25, 0.3) is 0 Å². The summed E-state index contributed by atoms with van der Waals surface area (Å²) < 4.78 is 11.3. The van der Waals surface area contributed by atoms with Gasteiger partial charge in [0, 0.05) is 6.61 Å². The highest BCUT2D eigenvalue weighted by Crippen LogP contribution is 2.41.